The molecule has 1 aliphatic heterocycles. The van der Waals surface area contributed by atoms with Gasteiger partial charge >= 0.3 is 0 Å². The molecule has 3 aromatic carbocycles. The summed E-state index contributed by atoms with van der Waals surface area (Å²) in [5.41, 5.74) is 4.98. The van der Waals surface area contributed by atoms with E-state index in [1.807, 2.05) is 24.3 Å². The van der Waals surface area contributed by atoms with Crippen LogP contribution in [0.25, 0.3) is 32.8 Å². The highest BCUT2D eigenvalue weighted by molar-refractivity contribution is 6.10. The Labute approximate surface area is 152 Å². The molecule has 0 radical (unpaired) electrons. The molecule has 0 aliphatic carbocycles. The Kier molecular flexibility index (Phi) is 3.71. The zero-order valence-corrected chi connectivity index (χ0v) is 14.9. The quantitative estimate of drug-likeness (QED) is 0.392. The van der Waals surface area contributed by atoms with Crippen molar-refractivity contribution in [1.82, 2.24) is 14.9 Å². The van der Waals surface area contributed by atoms with Crippen LogP contribution < -0.4 is 4.74 Å². The first-order chi connectivity index (χ1) is 12.8. The third-order valence-corrected chi connectivity index (χ3v) is 5.16. The van der Waals surface area contributed by atoms with Crippen LogP contribution in [0.5, 0.6) is 5.75 Å². The smallest absolute Gasteiger partial charge is 0.142 e. The van der Waals surface area contributed by atoms with Crippen molar-refractivity contribution in [2.24, 2.45) is 0 Å². The highest BCUT2D eigenvalue weighted by Crippen LogP contribution is 2.39. The largest absolute Gasteiger partial charge is 0.477 e. The van der Waals surface area contributed by atoms with Crippen LogP contribution in [-0.4, -0.2) is 28.1 Å². The van der Waals surface area contributed by atoms with Crippen LogP contribution in [0, 0.1) is 0 Å². The SMILES string of the molecule is CCCCN1COc2c(c3nc4ccccc4nc3c3ccccc23)C1. The van der Waals surface area contributed by atoms with E-state index in [9.17, 15) is 0 Å². The van der Waals surface area contributed by atoms with Gasteiger partial charge in [0.15, 0.2) is 0 Å². The van der Waals surface area contributed by atoms with Gasteiger partial charge in [-0.05, 0) is 18.6 Å². The number of hydrogen-bond donors (Lipinski definition) is 0. The summed E-state index contributed by atoms with van der Waals surface area (Å²) in [4.78, 5) is 12.3. The van der Waals surface area contributed by atoms with Crippen LogP contribution in [-0.2, 0) is 6.54 Å². The lowest BCUT2D eigenvalue weighted by atomic mass is 10.0. The number of benzene rings is 3. The average Bonchev–Trinajstić information content (AvgIpc) is 2.71. The Morgan fingerprint density at radius 3 is 2.38 bits per heavy atom. The van der Waals surface area contributed by atoms with Gasteiger partial charge in [-0.2, -0.15) is 0 Å². The molecule has 1 aliphatic rings. The maximum atomic E-state index is 6.22. The molecule has 26 heavy (non-hydrogen) atoms. The fourth-order valence-electron chi connectivity index (χ4n) is 3.82. The van der Waals surface area contributed by atoms with Gasteiger partial charge in [0.1, 0.15) is 12.5 Å². The summed E-state index contributed by atoms with van der Waals surface area (Å²) in [5.74, 6) is 0.977. The molecule has 4 heteroatoms. The summed E-state index contributed by atoms with van der Waals surface area (Å²) in [6.07, 6.45) is 2.37. The Balaban J connectivity index is 1.81. The van der Waals surface area contributed by atoms with Crippen molar-refractivity contribution in [3.05, 3.63) is 54.1 Å². The lowest BCUT2D eigenvalue weighted by Crippen LogP contribution is -2.33. The van der Waals surface area contributed by atoms with Crippen molar-refractivity contribution in [3.8, 4) is 5.75 Å². The van der Waals surface area contributed by atoms with Gasteiger partial charge in [0.05, 0.1) is 22.1 Å². The molecule has 0 unspecified atom stereocenters. The second kappa shape index (κ2) is 6.22. The van der Waals surface area contributed by atoms with E-state index in [0.717, 1.165) is 51.7 Å². The van der Waals surface area contributed by atoms with Gasteiger partial charge < -0.3 is 4.74 Å². The molecule has 5 rings (SSSR count). The number of rotatable bonds is 3. The standard InChI is InChI=1S/C22H21N3O/c1-2-3-12-25-13-17-21-20(23-18-10-6-7-11-19(18)24-21)15-8-4-5-9-16(15)22(17)26-14-25/h4-11H,2-3,12-14H2,1H3. The average molecular weight is 343 g/mol. The number of unbranched alkanes of at least 4 members (excludes halogenated alkanes) is 1. The predicted molar refractivity (Wildman–Crippen MR) is 105 cm³/mol. The van der Waals surface area contributed by atoms with Crippen LogP contribution in [0.15, 0.2) is 48.5 Å². The number of para-hydroxylation sites is 2. The highest BCUT2D eigenvalue weighted by Gasteiger charge is 2.24. The number of nitrogens with zero attached hydrogens (tertiary/aromatic N) is 3. The normalized spacial score (nSPS) is 14.7. The molecular weight excluding hydrogens is 322 g/mol. The summed E-state index contributed by atoms with van der Waals surface area (Å²) in [7, 11) is 0. The Hall–Kier alpha value is -2.72. The fourth-order valence-corrected chi connectivity index (χ4v) is 3.82. The van der Waals surface area contributed by atoms with Crippen LogP contribution in [0.4, 0.5) is 0 Å². The summed E-state index contributed by atoms with van der Waals surface area (Å²) >= 11 is 0. The summed E-state index contributed by atoms with van der Waals surface area (Å²) in [6.45, 7) is 4.78. The van der Waals surface area contributed by atoms with Crippen molar-refractivity contribution < 1.29 is 4.74 Å². The van der Waals surface area contributed by atoms with Crippen LogP contribution >= 0.6 is 0 Å². The second-order valence-corrected chi connectivity index (χ2v) is 6.94. The lowest BCUT2D eigenvalue weighted by Gasteiger charge is -2.30. The molecule has 2 heterocycles. The third-order valence-electron chi connectivity index (χ3n) is 5.16. The first kappa shape index (κ1) is 15.5. The van der Waals surface area contributed by atoms with Gasteiger partial charge in [-0.1, -0.05) is 49.7 Å². The lowest BCUT2D eigenvalue weighted by molar-refractivity contribution is 0.0965. The minimum Gasteiger partial charge on any atom is -0.477 e. The van der Waals surface area contributed by atoms with E-state index in [-0.39, 0.29) is 0 Å². The van der Waals surface area contributed by atoms with Gasteiger partial charge in [-0.3, -0.25) is 4.90 Å². The molecule has 0 spiro atoms. The van der Waals surface area contributed by atoms with Gasteiger partial charge in [0, 0.05) is 29.4 Å². The first-order valence-electron chi connectivity index (χ1n) is 9.30. The number of aromatic nitrogens is 2. The summed E-state index contributed by atoms with van der Waals surface area (Å²) < 4.78 is 6.22. The minimum absolute atomic E-state index is 0.642. The fraction of sp³-hybridized carbons (Fsp3) is 0.273. The number of fused-ring (bicyclic) bond motifs is 7. The topological polar surface area (TPSA) is 38.2 Å². The molecular formula is C22H21N3O. The molecule has 0 amide bonds. The van der Waals surface area contributed by atoms with E-state index in [2.05, 4.69) is 36.1 Å². The molecule has 0 bridgehead atoms. The van der Waals surface area contributed by atoms with Crippen LogP contribution in [0.3, 0.4) is 0 Å². The Morgan fingerprint density at radius 2 is 1.62 bits per heavy atom. The highest BCUT2D eigenvalue weighted by atomic mass is 16.5. The van der Waals surface area contributed by atoms with Gasteiger partial charge in [-0.15, -0.1) is 0 Å². The predicted octanol–water partition coefficient (Wildman–Crippen LogP) is 4.89. The zero-order chi connectivity index (χ0) is 17.5. The first-order valence-corrected chi connectivity index (χ1v) is 9.30. The minimum atomic E-state index is 0.642. The third kappa shape index (κ3) is 2.41. The maximum Gasteiger partial charge on any atom is 0.142 e. The molecule has 4 nitrogen and oxygen atoms in total. The van der Waals surface area contributed by atoms with Crippen molar-refractivity contribution in [2.75, 3.05) is 13.3 Å². The molecule has 1 aromatic heterocycles. The monoisotopic (exact) mass is 343 g/mol. The molecule has 0 saturated heterocycles. The molecule has 0 saturated carbocycles. The number of ether oxygens (including phenoxy) is 1. The molecule has 4 aromatic rings. The van der Waals surface area contributed by atoms with Crippen molar-refractivity contribution in [1.29, 1.82) is 0 Å². The van der Waals surface area contributed by atoms with Crippen molar-refractivity contribution >= 4 is 32.8 Å². The summed E-state index contributed by atoms with van der Waals surface area (Å²) in [6, 6.07) is 16.5. The van der Waals surface area contributed by atoms with Crippen molar-refractivity contribution in [3.63, 3.8) is 0 Å². The molecule has 0 atom stereocenters. The van der Waals surface area contributed by atoms with Crippen molar-refractivity contribution in [2.45, 2.75) is 26.3 Å². The van der Waals surface area contributed by atoms with E-state index in [1.54, 1.807) is 0 Å². The Bertz CT molecular complexity index is 1120. The van der Waals surface area contributed by atoms with Gasteiger partial charge in [0.25, 0.3) is 0 Å². The van der Waals surface area contributed by atoms with E-state index in [4.69, 9.17) is 14.7 Å². The maximum absolute atomic E-state index is 6.22. The zero-order valence-electron chi connectivity index (χ0n) is 14.9. The van der Waals surface area contributed by atoms with E-state index in [0.29, 0.717) is 6.73 Å². The summed E-state index contributed by atoms with van der Waals surface area (Å²) in [5, 5.41) is 2.25. The van der Waals surface area contributed by atoms with Gasteiger partial charge in [-0.25, -0.2) is 9.97 Å². The molecule has 0 fully saturated rings. The van der Waals surface area contributed by atoms with Crippen LogP contribution in [0.1, 0.15) is 25.3 Å². The van der Waals surface area contributed by atoms with E-state index >= 15 is 0 Å². The van der Waals surface area contributed by atoms with Gasteiger partial charge in [0.2, 0.25) is 0 Å². The molecule has 130 valence electrons. The second-order valence-electron chi connectivity index (χ2n) is 6.94. The Morgan fingerprint density at radius 1 is 0.923 bits per heavy atom. The molecule has 0 N–H and O–H groups in total. The van der Waals surface area contributed by atoms with E-state index < -0.39 is 0 Å². The number of hydrogen-bond acceptors (Lipinski definition) is 4. The van der Waals surface area contributed by atoms with Crippen LogP contribution in [0.2, 0.25) is 0 Å². The van der Waals surface area contributed by atoms with E-state index in [1.165, 1.54) is 18.4 Å².